The smallest absolute Gasteiger partial charge is 0.386 e. The summed E-state index contributed by atoms with van der Waals surface area (Å²) in [4.78, 5) is 0. The molecule has 192 valence electrons. The second-order valence-corrected chi connectivity index (χ2v) is 10.2. The van der Waals surface area contributed by atoms with Crippen molar-refractivity contribution in [2.24, 2.45) is 0 Å². The SMILES string of the molecule is Cc1cc(C)cc(OC(Oc2cc(C)cc(C)c2)(Oc2cc(C)cc(C)c2)Oc2cc(C)cc(C)c2)c1. The molecule has 4 aromatic rings. The van der Waals surface area contributed by atoms with Gasteiger partial charge in [-0.2, -0.15) is 0 Å². The van der Waals surface area contributed by atoms with Crippen molar-refractivity contribution in [1.82, 2.24) is 0 Å². The van der Waals surface area contributed by atoms with Gasteiger partial charge in [0.15, 0.2) is 0 Å². The van der Waals surface area contributed by atoms with Gasteiger partial charge in [-0.15, -0.1) is 0 Å². The maximum Gasteiger partial charge on any atom is 0.611 e. The second kappa shape index (κ2) is 10.6. The zero-order valence-electron chi connectivity index (χ0n) is 23.1. The summed E-state index contributed by atoms with van der Waals surface area (Å²) in [5.41, 5.74) is 8.50. The van der Waals surface area contributed by atoms with Crippen LogP contribution in [0.5, 0.6) is 23.0 Å². The van der Waals surface area contributed by atoms with E-state index in [1.54, 1.807) is 0 Å². The fourth-order valence-electron chi connectivity index (χ4n) is 4.67. The molecule has 0 heterocycles. The summed E-state index contributed by atoms with van der Waals surface area (Å²) >= 11 is 0. The number of rotatable bonds is 8. The molecule has 0 unspecified atom stereocenters. The highest BCUT2D eigenvalue weighted by Gasteiger charge is 2.44. The third-order valence-corrected chi connectivity index (χ3v) is 5.75. The summed E-state index contributed by atoms with van der Waals surface area (Å²) in [6.07, 6.45) is -1.94. The van der Waals surface area contributed by atoms with Crippen LogP contribution in [0.3, 0.4) is 0 Å². The highest BCUT2D eigenvalue weighted by molar-refractivity contribution is 5.38. The normalized spacial score (nSPS) is 11.2. The van der Waals surface area contributed by atoms with E-state index in [0.717, 1.165) is 44.5 Å². The van der Waals surface area contributed by atoms with Gasteiger partial charge >= 0.3 is 6.16 Å². The summed E-state index contributed by atoms with van der Waals surface area (Å²) in [7, 11) is 0. The second-order valence-electron chi connectivity index (χ2n) is 10.2. The largest absolute Gasteiger partial charge is 0.611 e. The van der Waals surface area contributed by atoms with Crippen molar-refractivity contribution in [3.63, 3.8) is 0 Å². The molecule has 0 spiro atoms. The van der Waals surface area contributed by atoms with Crippen molar-refractivity contribution >= 4 is 0 Å². The predicted octanol–water partition coefficient (Wildman–Crippen LogP) is 8.38. The lowest BCUT2D eigenvalue weighted by atomic mass is 10.1. The minimum atomic E-state index is -1.94. The molecular weight excluding hydrogens is 460 g/mol. The van der Waals surface area contributed by atoms with Gasteiger partial charge in [-0.3, -0.25) is 0 Å². The Kier molecular flexibility index (Phi) is 7.49. The van der Waals surface area contributed by atoms with Crippen LogP contribution in [0.25, 0.3) is 0 Å². The highest BCUT2D eigenvalue weighted by Crippen LogP contribution is 2.33. The van der Waals surface area contributed by atoms with Crippen LogP contribution < -0.4 is 18.9 Å². The zero-order chi connectivity index (χ0) is 26.7. The number of hydrogen-bond donors (Lipinski definition) is 0. The molecule has 0 radical (unpaired) electrons. The van der Waals surface area contributed by atoms with Crippen LogP contribution in [-0.4, -0.2) is 6.16 Å². The van der Waals surface area contributed by atoms with Gasteiger partial charge < -0.3 is 18.9 Å². The maximum atomic E-state index is 6.55. The van der Waals surface area contributed by atoms with Crippen LogP contribution in [0.2, 0.25) is 0 Å². The van der Waals surface area contributed by atoms with E-state index in [1.807, 2.05) is 104 Å². The van der Waals surface area contributed by atoms with Gasteiger partial charge in [0, 0.05) is 0 Å². The zero-order valence-corrected chi connectivity index (χ0v) is 23.1. The average Bonchev–Trinajstić information content (AvgIpc) is 2.70. The van der Waals surface area contributed by atoms with Crippen LogP contribution in [0.1, 0.15) is 44.5 Å². The van der Waals surface area contributed by atoms with E-state index in [1.165, 1.54) is 0 Å². The molecule has 0 atom stereocenters. The molecule has 0 aliphatic rings. The first kappa shape index (κ1) is 26.2. The first-order valence-corrected chi connectivity index (χ1v) is 12.6. The van der Waals surface area contributed by atoms with E-state index < -0.39 is 6.16 Å². The van der Waals surface area contributed by atoms with Gasteiger partial charge in [-0.1, -0.05) is 24.3 Å². The summed E-state index contributed by atoms with van der Waals surface area (Å²) in [5, 5.41) is 0. The lowest BCUT2D eigenvalue weighted by Gasteiger charge is -2.33. The van der Waals surface area contributed by atoms with Gasteiger partial charge in [-0.05, 0) is 148 Å². The number of ether oxygens (including phenoxy) is 4. The molecule has 0 saturated carbocycles. The van der Waals surface area contributed by atoms with Crippen molar-refractivity contribution in [3.8, 4) is 23.0 Å². The Morgan fingerprint density at radius 3 is 0.622 bits per heavy atom. The molecule has 4 heteroatoms. The molecule has 0 aromatic heterocycles. The molecular formula is C33H36O4. The lowest BCUT2D eigenvalue weighted by molar-refractivity contribution is -0.367. The van der Waals surface area contributed by atoms with Crippen LogP contribution >= 0.6 is 0 Å². The van der Waals surface area contributed by atoms with E-state index in [9.17, 15) is 0 Å². The van der Waals surface area contributed by atoms with Crippen molar-refractivity contribution in [3.05, 3.63) is 117 Å². The molecule has 0 fully saturated rings. The fourth-order valence-corrected chi connectivity index (χ4v) is 4.67. The number of hydrogen-bond acceptors (Lipinski definition) is 4. The van der Waals surface area contributed by atoms with Gasteiger partial charge in [0.25, 0.3) is 0 Å². The molecule has 4 nitrogen and oxygen atoms in total. The topological polar surface area (TPSA) is 36.9 Å². The Labute approximate surface area is 220 Å². The quantitative estimate of drug-likeness (QED) is 0.230. The average molecular weight is 497 g/mol. The Balaban J connectivity index is 1.89. The Morgan fingerprint density at radius 1 is 0.297 bits per heavy atom. The molecule has 0 saturated heterocycles. The van der Waals surface area contributed by atoms with Crippen LogP contribution in [-0.2, 0) is 0 Å². The molecule has 37 heavy (non-hydrogen) atoms. The Morgan fingerprint density at radius 2 is 0.459 bits per heavy atom. The fraction of sp³-hybridized carbons (Fsp3) is 0.273. The van der Waals surface area contributed by atoms with Crippen molar-refractivity contribution < 1.29 is 18.9 Å². The van der Waals surface area contributed by atoms with Crippen LogP contribution in [0, 0.1) is 55.4 Å². The third-order valence-electron chi connectivity index (χ3n) is 5.75. The van der Waals surface area contributed by atoms with Crippen LogP contribution in [0.4, 0.5) is 0 Å². The first-order valence-electron chi connectivity index (χ1n) is 12.6. The molecule has 0 aliphatic carbocycles. The predicted molar refractivity (Wildman–Crippen MR) is 149 cm³/mol. The summed E-state index contributed by atoms with van der Waals surface area (Å²) in [6, 6.07) is 23.9. The molecule has 0 bridgehead atoms. The summed E-state index contributed by atoms with van der Waals surface area (Å²) in [6.45, 7) is 16.2. The van der Waals surface area contributed by atoms with Crippen molar-refractivity contribution in [1.29, 1.82) is 0 Å². The van der Waals surface area contributed by atoms with E-state index >= 15 is 0 Å². The van der Waals surface area contributed by atoms with E-state index in [0.29, 0.717) is 23.0 Å². The minimum absolute atomic E-state index is 0.579. The van der Waals surface area contributed by atoms with E-state index in [2.05, 4.69) is 24.3 Å². The lowest BCUT2D eigenvalue weighted by Crippen LogP contribution is -2.53. The van der Waals surface area contributed by atoms with Crippen LogP contribution in [0.15, 0.2) is 72.8 Å². The van der Waals surface area contributed by atoms with Crippen molar-refractivity contribution in [2.45, 2.75) is 61.5 Å². The third kappa shape index (κ3) is 7.07. The highest BCUT2D eigenvalue weighted by atomic mass is 17.0. The van der Waals surface area contributed by atoms with E-state index in [-0.39, 0.29) is 0 Å². The van der Waals surface area contributed by atoms with Gasteiger partial charge in [0.2, 0.25) is 0 Å². The molecule has 4 aromatic carbocycles. The van der Waals surface area contributed by atoms with Gasteiger partial charge in [0.05, 0.1) is 0 Å². The molecule has 0 amide bonds. The molecule has 0 aliphatic heterocycles. The number of aryl methyl sites for hydroxylation is 8. The molecule has 0 N–H and O–H groups in total. The van der Waals surface area contributed by atoms with Gasteiger partial charge in [-0.25, -0.2) is 0 Å². The Hall–Kier alpha value is -3.92. The number of benzene rings is 4. The summed E-state index contributed by atoms with van der Waals surface area (Å²) in [5.74, 6) is 2.32. The first-order chi connectivity index (χ1) is 17.5. The summed E-state index contributed by atoms with van der Waals surface area (Å²) < 4.78 is 26.2. The standard InChI is InChI=1S/C33H36O4/c1-21-9-22(2)14-29(13-21)34-33(35-30-15-23(3)10-24(4)16-30,36-31-17-25(5)11-26(6)18-31)37-32-19-27(7)12-28(8)20-32/h9-20H,1-8H3. The van der Waals surface area contributed by atoms with Gasteiger partial charge in [0.1, 0.15) is 23.0 Å². The van der Waals surface area contributed by atoms with E-state index in [4.69, 9.17) is 18.9 Å². The Bertz CT molecular complexity index is 1120. The van der Waals surface area contributed by atoms with Crippen molar-refractivity contribution in [2.75, 3.05) is 0 Å². The monoisotopic (exact) mass is 496 g/mol. The molecule has 4 rings (SSSR count). The maximum absolute atomic E-state index is 6.55. The minimum Gasteiger partial charge on any atom is -0.386 e.